The van der Waals surface area contributed by atoms with Crippen LogP contribution in [0.2, 0.25) is 0 Å². The van der Waals surface area contributed by atoms with Gasteiger partial charge in [-0.25, -0.2) is 4.98 Å². The standard InChI is InChI=1S/C29H27N3O4/c33-26(16-17-27-30-18-19-31-27)24-10-6-11-25(28(24)34)32-29(35)22-12-14-23(15-13-22)36-20-5-4-9-21-7-2-1-3-8-21/h1-3,6-8,10-19,34H,4-5,9,20H2,(H,30,31)(H,32,35)/b17-16+. The first kappa shape index (κ1) is 24.5. The largest absolute Gasteiger partial charge is 0.505 e. The molecule has 0 atom stereocenters. The second-order valence-corrected chi connectivity index (χ2v) is 8.14. The van der Waals surface area contributed by atoms with Gasteiger partial charge in [-0.2, -0.15) is 0 Å². The third-order valence-electron chi connectivity index (χ3n) is 5.55. The molecule has 3 aromatic carbocycles. The summed E-state index contributed by atoms with van der Waals surface area (Å²) in [5, 5.41) is 13.2. The molecule has 182 valence electrons. The number of para-hydroxylation sites is 1. The van der Waals surface area contributed by atoms with Gasteiger partial charge in [-0.15, -0.1) is 0 Å². The average Bonchev–Trinajstić information content (AvgIpc) is 3.43. The molecule has 1 amide bonds. The lowest BCUT2D eigenvalue weighted by molar-refractivity contribution is 0.102. The van der Waals surface area contributed by atoms with Gasteiger partial charge >= 0.3 is 0 Å². The van der Waals surface area contributed by atoms with E-state index in [9.17, 15) is 14.7 Å². The van der Waals surface area contributed by atoms with Crippen molar-refractivity contribution in [2.45, 2.75) is 19.3 Å². The highest BCUT2D eigenvalue weighted by molar-refractivity contribution is 6.11. The molecule has 0 spiro atoms. The first-order chi connectivity index (χ1) is 17.6. The molecule has 4 aromatic rings. The van der Waals surface area contributed by atoms with Crippen molar-refractivity contribution >= 4 is 23.5 Å². The van der Waals surface area contributed by atoms with Crippen LogP contribution in [0.25, 0.3) is 6.08 Å². The Morgan fingerprint density at radius 2 is 1.78 bits per heavy atom. The fraction of sp³-hybridized carbons (Fsp3) is 0.138. The van der Waals surface area contributed by atoms with Crippen LogP contribution in [-0.4, -0.2) is 33.4 Å². The Kier molecular flexibility index (Phi) is 8.27. The molecular weight excluding hydrogens is 454 g/mol. The number of imidazole rings is 1. The number of ether oxygens (including phenoxy) is 1. The van der Waals surface area contributed by atoms with E-state index >= 15 is 0 Å². The van der Waals surface area contributed by atoms with E-state index in [4.69, 9.17) is 4.74 Å². The van der Waals surface area contributed by atoms with Gasteiger partial charge in [0.05, 0.1) is 17.9 Å². The molecule has 0 unspecified atom stereocenters. The fourth-order valence-corrected chi connectivity index (χ4v) is 3.62. The Bertz CT molecular complexity index is 1310. The molecule has 36 heavy (non-hydrogen) atoms. The van der Waals surface area contributed by atoms with Gasteiger partial charge in [-0.3, -0.25) is 9.59 Å². The van der Waals surface area contributed by atoms with Gasteiger partial charge in [0.1, 0.15) is 17.3 Å². The van der Waals surface area contributed by atoms with Crippen LogP contribution in [0, 0.1) is 0 Å². The summed E-state index contributed by atoms with van der Waals surface area (Å²) in [5.41, 5.74) is 1.95. The number of benzene rings is 3. The SMILES string of the molecule is O=C(Nc1cccc(C(=O)/C=C/c2ncc[nH]2)c1O)c1ccc(OCCCCc2ccccc2)cc1. The highest BCUT2D eigenvalue weighted by Crippen LogP contribution is 2.29. The number of phenols is 1. The first-order valence-electron chi connectivity index (χ1n) is 11.7. The quantitative estimate of drug-likeness (QED) is 0.111. The molecule has 0 saturated carbocycles. The number of aromatic hydroxyl groups is 1. The van der Waals surface area contributed by atoms with Gasteiger partial charge in [-0.05, 0) is 73.4 Å². The molecule has 0 bridgehead atoms. The zero-order valence-electron chi connectivity index (χ0n) is 19.7. The number of H-pyrrole nitrogens is 1. The number of amides is 1. The maximum atomic E-state index is 12.7. The lowest BCUT2D eigenvalue weighted by atomic mass is 10.1. The summed E-state index contributed by atoms with van der Waals surface area (Å²) >= 11 is 0. The number of ketones is 1. The predicted octanol–water partition coefficient (Wildman–Crippen LogP) is 5.67. The molecule has 1 aromatic heterocycles. The first-order valence-corrected chi connectivity index (χ1v) is 11.7. The van der Waals surface area contributed by atoms with Gasteiger partial charge in [0.25, 0.3) is 5.91 Å². The number of unbranched alkanes of at least 4 members (excludes halogenated alkanes) is 1. The zero-order chi connectivity index (χ0) is 25.2. The summed E-state index contributed by atoms with van der Waals surface area (Å²) in [7, 11) is 0. The van der Waals surface area contributed by atoms with Crippen LogP contribution in [0.1, 0.15) is 44.9 Å². The van der Waals surface area contributed by atoms with Crippen LogP contribution in [0.5, 0.6) is 11.5 Å². The molecule has 0 aliphatic rings. The van der Waals surface area contributed by atoms with Crippen LogP contribution < -0.4 is 10.1 Å². The molecule has 3 N–H and O–H groups in total. The van der Waals surface area contributed by atoms with Crippen LogP contribution in [0.3, 0.4) is 0 Å². The van der Waals surface area contributed by atoms with E-state index in [-0.39, 0.29) is 17.0 Å². The maximum Gasteiger partial charge on any atom is 0.255 e. The summed E-state index contributed by atoms with van der Waals surface area (Å²) in [4.78, 5) is 32.1. The number of rotatable bonds is 11. The van der Waals surface area contributed by atoms with Gasteiger partial charge < -0.3 is 20.1 Å². The summed E-state index contributed by atoms with van der Waals surface area (Å²) in [5.74, 6) is 0.0908. The molecule has 7 heteroatoms. The number of allylic oxidation sites excluding steroid dienone is 1. The van der Waals surface area contributed by atoms with Crippen molar-refractivity contribution in [2.75, 3.05) is 11.9 Å². The van der Waals surface area contributed by atoms with E-state index in [0.29, 0.717) is 23.7 Å². The molecule has 0 aliphatic heterocycles. The second kappa shape index (κ2) is 12.2. The minimum absolute atomic E-state index is 0.0756. The van der Waals surface area contributed by atoms with Crippen molar-refractivity contribution in [3.63, 3.8) is 0 Å². The maximum absolute atomic E-state index is 12.7. The average molecular weight is 482 g/mol. The van der Waals surface area contributed by atoms with Crippen LogP contribution in [0.15, 0.2) is 91.3 Å². The van der Waals surface area contributed by atoms with Gasteiger partial charge in [0.15, 0.2) is 5.78 Å². The highest BCUT2D eigenvalue weighted by atomic mass is 16.5. The number of phenolic OH excluding ortho intramolecular Hbond substituents is 1. The van der Waals surface area contributed by atoms with E-state index in [1.807, 2.05) is 18.2 Å². The second-order valence-electron chi connectivity index (χ2n) is 8.14. The lowest BCUT2D eigenvalue weighted by Gasteiger charge is -2.11. The molecule has 4 rings (SSSR count). The van der Waals surface area contributed by atoms with E-state index < -0.39 is 11.7 Å². The number of aromatic nitrogens is 2. The Morgan fingerprint density at radius 3 is 2.53 bits per heavy atom. The summed E-state index contributed by atoms with van der Waals surface area (Å²) in [6.07, 6.45) is 9.02. The third kappa shape index (κ3) is 6.70. The zero-order valence-corrected chi connectivity index (χ0v) is 19.7. The number of hydrogen-bond donors (Lipinski definition) is 3. The molecule has 0 saturated heterocycles. The normalized spacial score (nSPS) is 10.9. The van der Waals surface area contributed by atoms with E-state index in [2.05, 4.69) is 27.4 Å². The molecule has 1 heterocycles. The summed E-state index contributed by atoms with van der Waals surface area (Å²) < 4.78 is 5.79. The number of nitrogens with one attached hydrogen (secondary N) is 2. The number of nitrogens with zero attached hydrogens (tertiary/aromatic N) is 1. The number of carbonyl (C=O) groups is 2. The fourth-order valence-electron chi connectivity index (χ4n) is 3.62. The van der Waals surface area contributed by atoms with Crippen molar-refractivity contribution in [3.8, 4) is 11.5 Å². The van der Waals surface area contributed by atoms with Crippen molar-refractivity contribution in [1.82, 2.24) is 9.97 Å². The molecular formula is C29H27N3O4. The number of hydrogen-bond acceptors (Lipinski definition) is 5. The van der Waals surface area contributed by atoms with Crippen LogP contribution in [-0.2, 0) is 6.42 Å². The van der Waals surface area contributed by atoms with Crippen molar-refractivity contribution in [3.05, 3.63) is 114 Å². The lowest BCUT2D eigenvalue weighted by Crippen LogP contribution is -2.12. The highest BCUT2D eigenvalue weighted by Gasteiger charge is 2.15. The number of carbonyl (C=O) groups excluding carboxylic acids is 2. The molecule has 0 aliphatic carbocycles. The molecule has 0 radical (unpaired) electrons. The smallest absolute Gasteiger partial charge is 0.255 e. The van der Waals surface area contributed by atoms with Crippen molar-refractivity contribution in [1.29, 1.82) is 0 Å². The topological polar surface area (TPSA) is 104 Å². The van der Waals surface area contributed by atoms with Crippen molar-refractivity contribution < 1.29 is 19.4 Å². The van der Waals surface area contributed by atoms with Gasteiger partial charge in [0, 0.05) is 18.0 Å². The third-order valence-corrected chi connectivity index (χ3v) is 5.55. The summed E-state index contributed by atoms with van der Waals surface area (Å²) in [6.45, 7) is 0.599. The van der Waals surface area contributed by atoms with E-state index in [1.54, 1.807) is 42.7 Å². The Balaban J connectivity index is 1.29. The monoisotopic (exact) mass is 481 g/mol. The van der Waals surface area contributed by atoms with Crippen molar-refractivity contribution in [2.24, 2.45) is 0 Å². The Labute approximate surface area is 209 Å². The summed E-state index contributed by atoms with van der Waals surface area (Å²) in [6, 6.07) is 21.8. The molecule has 0 fully saturated rings. The number of anilines is 1. The predicted molar refractivity (Wildman–Crippen MR) is 139 cm³/mol. The van der Waals surface area contributed by atoms with Gasteiger partial charge in [-0.1, -0.05) is 36.4 Å². The van der Waals surface area contributed by atoms with Crippen LogP contribution >= 0.6 is 0 Å². The Morgan fingerprint density at radius 1 is 0.972 bits per heavy atom. The van der Waals surface area contributed by atoms with Gasteiger partial charge in [0.2, 0.25) is 0 Å². The minimum atomic E-state index is -0.412. The van der Waals surface area contributed by atoms with Crippen LogP contribution in [0.4, 0.5) is 5.69 Å². The molecule has 7 nitrogen and oxygen atoms in total. The van der Waals surface area contributed by atoms with E-state index in [1.165, 1.54) is 29.8 Å². The van der Waals surface area contributed by atoms with E-state index in [0.717, 1.165) is 19.3 Å². The Hall–Kier alpha value is -4.65. The number of aromatic amines is 1. The minimum Gasteiger partial charge on any atom is -0.505 e. The number of aryl methyl sites for hydroxylation is 1.